The van der Waals surface area contributed by atoms with Gasteiger partial charge in [-0.3, -0.25) is 48.7 Å². The predicted molar refractivity (Wildman–Crippen MR) is 206 cm³/mol. The summed E-state index contributed by atoms with van der Waals surface area (Å²) in [5.41, 5.74) is 1.94. The van der Waals surface area contributed by atoms with Crippen molar-refractivity contribution in [2.75, 3.05) is 64.9 Å². The van der Waals surface area contributed by atoms with Crippen LogP contribution in [0.5, 0.6) is 11.5 Å². The van der Waals surface area contributed by atoms with Gasteiger partial charge in [0.2, 0.25) is 29.5 Å². The molecule has 1 unspecified atom stereocenters. The van der Waals surface area contributed by atoms with Crippen LogP contribution in [0, 0.1) is 0 Å². The zero-order valence-electron chi connectivity index (χ0n) is 31.8. The number of hydrogen-bond acceptors (Lipinski definition) is 11. The zero-order chi connectivity index (χ0) is 40.3. The Hall–Kier alpha value is -6.29. The summed E-state index contributed by atoms with van der Waals surface area (Å²) >= 11 is 0. The third-order valence-electron chi connectivity index (χ3n) is 11.0. The van der Waals surface area contributed by atoms with Crippen LogP contribution in [-0.4, -0.2) is 117 Å². The standard InChI is InChI=1S/C41H45N7O9/c1-42-37(52)35(45-40(55)41(14-15-41)26-6-9-28(56-2)10-7-26)25-4-3-5-29(22-25)57-21-16-43-34(50)24-46-17-19-47(20-18-46)27-8-11-30-31(23-27)39(54)48(38(30)53)32-12-13-33(49)44-36(32)51/h3-11,22-23,32,35H,12-21,24H2,1-2H3,(H,42,52)(H,43,50)(H,45,55)(H,44,49,51)/t32?,35-/m0/s1. The van der Waals surface area contributed by atoms with Crippen molar-refractivity contribution in [2.24, 2.45) is 0 Å². The van der Waals surface area contributed by atoms with Crippen LogP contribution >= 0.6 is 0 Å². The number of carbonyl (C=O) groups excluding carboxylic acids is 7. The smallest absolute Gasteiger partial charge is 0.262 e. The fourth-order valence-corrected chi connectivity index (χ4v) is 7.62. The second-order valence-electron chi connectivity index (χ2n) is 14.5. The second-order valence-corrected chi connectivity index (χ2v) is 14.5. The average Bonchev–Trinajstić information content (AvgIpc) is 4.00. The molecule has 3 aliphatic heterocycles. The molecule has 2 saturated heterocycles. The van der Waals surface area contributed by atoms with E-state index in [1.165, 1.54) is 7.05 Å². The molecule has 3 aromatic rings. The molecule has 4 N–H and O–H groups in total. The van der Waals surface area contributed by atoms with E-state index in [0.717, 1.165) is 16.2 Å². The molecule has 0 radical (unpaired) electrons. The van der Waals surface area contributed by atoms with E-state index in [-0.39, 0.29) is 61.4 Å². The van der Waals surface area contributed by atoms with Crippen LogP contribution in [0.1, 0.15) is 63.6 Å². The van der Waals surface area contributed by atoms with Crippen LogP contribution in [0.4, 0.5) is 5.69 Å². The van der Waals surface area contributed by atoms with Gasteiger partial charge in [0.1, 0.15) is 30.2 Å². The Balaban J connectivity index is 0.862. The van der Waals surface area contributed by atoms with Gasteiger partial charge in [0, 0.05) is 45.3 Å². The minimum atomic E-state index is -1.02. The average molecular weight is 780 g/mol. The SMILES string of the molecule is CNC(=O)[C@@H](NC(=O)C1(c2ccc(OC)cc2)CC1)c1cccc(OCCNC(=O)CN2CCN(c3ccc4c(c3)C(=O)N(C3CCC(=O)NC3=O)C4=O)CC2)c1. The minimum Gasteiger partial charge on any atom is -0.497 e. The van der Waals surface area contributed by atoms with E-state index < -0.39 is 41.1 Å². The normalized spacial score (nSPS) is 19.3. The van der Waals surface area contributed by atoms with E-state index in [2.05, 4.69) is 26.2 Å². The number of anilines is 1. The van der Waals surface area contributed by atoms with Crippen molar-refractivity contribution in [1.82, 2.24) is 31.1 Å². The van der Waals surface area contributed by atoms with E-state index in [9.17, 15) is 33.6 Å². The molecule has 0 aromatic heterocycles. The first-order chi connectivity index (χ1) is 27.5. The fraction of sp³-hybridized carbons (Fsp3) is 0.390. The molecule has 3 fully saturated rings. The molecule has 1 aliphatic carbocycles. The Morgan fingerprint density at radius 3 is 2.32 bits per heavy atom. The number of hydrogen-bond donors (Lipinski definition) is 4. The van der Waals surface area contributed by atoms with E-state index in [1.54, 1.807) is 49.6 Å². The number of nitrogens with zero attached hydrogens (tertiary/aromatic N) is 3. The van der Waals surface area contributed by atoms with Crippen LogP contribution < -0.4 is 35.6 Å². The number of imide groups is 2. The summed E-state index contributed by atoms with van der Waals surface area (Å²) in [5, 5.41) is 10.7. The van der Waals surface area contributed by atoms with Crippen molar-refractivity contribution in [3.05, 3.63) is 89.0 Å². The van der Waals surface area contributed by atoms with Gasteiger partial charge in [-0.1, -0.05) is 24.3 Å². The van der Waals surface area contributed by atoms with Gasteiger partial charge in [-0.05, 0) is 72.9 Å². The van der Waals surface area contributed by atoms with Crippen LogP contribution in [0.25, 0.3) is 0 Å². The van der Waals surface area contributed by atoms with Crippen LogP contribution in [0.15, 0.2) is 66.7 Å². The van der Waals surface area contributed by atoms with E-state index >= 15 is 0 Å². The summed E-state index contributed by atoms with van der Waals surface area (Å²) in [6, 6.07) is 17.4. The highest BCUT2D eigenvalue weighted by Gasteiger charge is 2.52. The van der Waals surface area contributed by atoms with Crippen LogP contribution in [0.2, 0.25) is 0 Å². The lowest BCUT2D eigenvalue weighted by molar-refractivity contribution is -0.136. The van der Waals surface area contributed by atoms with Gasteiger partial charge < -0.3 is 30.3 Å². The van der Waals surface area contributed by atoms with Crippen LogP contribution in [0.3, 0.4) is 0 Å². The molecule has 3 heterocycles. The van der Waals surface area contributed by atoms with Gasteiger partial charge in [0.15, 0.2) is 0 Å². The van der Waals surface area contributed by atoms with Crippen molar-refractivity contribution in [3.63, 3.8) is 0 Å². The Labute approximate surface area is 329 Å². The van der Waals surface area contributed by atoms with Crippen molar-refractivity contribution in [2.45, 2.75) is 43.2 Å². The monoisotopic (exact) mass is 779 g/mol. The maximum Gasteiger partial charge on any atom is 0.262 e. The lowest BCUT2D eigenvalue weighted by atomic mass is 9.94. The third kappa shape index (κ3) is 8.17. The largest absolute Gasteiger partial charge is 0.497 e. The first kappa shape index (κ1) is 39.0. The first-order valence-corrected chi connectivity index (χ1v) is 19.0. The second kappa shape index (κ2) is 16.4. The van der Waals surface area contributed by atoms with Gasteiger partial charge >= 0.3 is 0 Å². The number of fused-ring (bicyclic) bond motifs is 1. The number of piperazine rings is 1. The van der Waals surface area contributed by atoms with Gasteiger partial charge in [-0.2, -0.15) is 0 Å². The molecule has 0 bridgehead atoms. The van der Waals surface area contributed by atoms with Gasteiger partial charge in [-0.15, -0.1) is 0 Å². The maximum absolute atomic E-state index is 13.6. The summed E-state index contributed by atoms with van der Waals surface area (Å²) in [7, 11) is 3.10. The number of piperidine rings is 1. The summed E-state index contributed by atoms with van der Waals surface area (Å²) in [5.74, 6) is -1.75. The predicted octanol–water partition coefficient (Wildman–Crippen LogP) is 1.05. The molecule has 3 aromatic carbocycles. The number of benzene rings is 3. The molecule has 7 amide bonds. The number of amides is 7. The Bertz CT molecular complexity index is 2090. The van der Waals surface area contributed by atoms with Crippen molar-refractivity contribution >= 4 is 47.0 Å². The Morgan fingerprint density at radius 1 is 0.895 bits per heavy atom. The first-order valence-electron chi connectivity index (χ1n) is 19.0. The Kier molecular flexibility index (Phi) is 11.2. The number of carbonyl (C=O) groups is 7. The number of ether oxygens (including phenoxy) is 2. The molecule has 1 saturated carbocycles. The van der Waals surface area contributed by atoms with Crippen molar-refractivity contribution < 1.29 is 43.0 Å². The van der Waals surface area contributed by atoms with Crippen LogP contribution in [-0.2, 0) is 29.4 Å². The number of nitrogens with one attached hydrogen (secondary N) is 4. The molecule has 4 aliphatic rings. The molecule has 57 heavy (non-hydrogen) atoms. The van der Waals surface area contributed by atoms with Crippen molar-refractivity contribution in [3.8, 4) is 11.5 Å². The summed E-state index contributed by atoms with van der Waals surface area (Å²) in [6.45, 7) is 2.98. The highest BCUT2D eigenvalue weighted by molar-refractivity contribution is 6.23. The quantitative estimate of drug-likeness (QED) is 0.135. The molecule has 298 valence electrons. The Morgan fingerprint density at radius 2 is 1.63 bits per heavy atom. The minimum absolute atomic E-state index is 0.0545. The highest BCUT2D eigenvalue weighted by Crippen LogP contribution is 2.49. The van der Waals surface area contributed by atoms with Gasteiger partial charge in [-0.25, -0.2) is 0 Å². The molecular weight excluding hydrogens is 734 g/mol. The van der Waals surface area contributed by atoms with E-state index in [4.69, 9.17) is 9.47 Å². The van der Waals surface area contributed by atoms with E-state index in [1.807, 2.05) is 29.2 Å². The summed E-state index contributed by atoms with van der Waals surface area (Å²) < 4.78 is 11.2. The van der Waals surface area contributed by atoms with Crippen molar-refractivity contribution in [1.29, 1.82) is 0 Å². The number of likely N-dealkylation sites (N-methyl/N-ethyl adjacent to an activating group) is 1. The summed E-state index contributed by atoms with van der Waals surface area (Å²) in [4.78, 5) is 94.7. The fourth-order valence-electron chi connectivity index (χ4n) is 7.62. The molecular formula is C41H45N7O9. The van der Waals surface area contributed by atoms with E-state index in [0.29, 0.717) is 56.1 Å². The lowest BCUT2D eigenvalue weighted by Crippen LogP contribution is -2.54. The molecule has 16 nitrogen and oxygen atoms in total. The molecule has 16 heteroatoms. The lowest BCUT2D eigenvalue weighted by Gasteiger charge is -2.35. The zero-order valence-corrected chi connectivity index (χ0v) is 31.8. The highest BCUT2D eigenvalue weighted by atomic mass is 16.5. The maximum atomic E-state index is 13.6. The topological polar surface area (TPSA) is 196 Å². The number of methoxy groups -OCH3 is 1. The third-order valence-corrected chi connectivity index (χ3v) is 11.0. The number of rotatable bonds is 14. The molecule has 7 rings (SSSR count). The van der Waals surface area contributed by atoms with Gasteiger partial charge in [0.25, 0.3) is 11.8 Å². The molecule has 2 atom stereocenters. The van der Waals surface area contributed by atoms with Gasteiger partial charge in [0.05, 0.1) is 36.7 Å². The molecule has 0 spiro atoms. The summed E-state index contributed by atoms with van der Waals surface area (Å²) in [6.07, 6.45) is 1.50.